The summed E-state index contributed by atoms with van der Waals surface area (Å²) in [4.78, 5) is 13.7. The predicted molar refractivity (Wildman–Crippen MR) is 74.4 cm³/mol. The van der Waals surface area contributed by atoms with Crippen molar-refractivity contribution in [3.8, 4) is 11.8 Å². The van der Waals surface area contributed by atoms with E-state index in [2.05, 4.69) is 11.8 Å². The number of carbonyl (C=O) groups is 1. The molecule has 1 aromatic rings. The maximum atomic E-state index is 12.0. The van der Waals surface area contributed by atoms with Crippen molar-refractivity contribution in [3.05, 3.63) is 35.9 Å². The van der Waals surface area contributed by atoms with Gasteiger partial charge in [-0.25, -0.2) is 0 Å². The Kier molecular flexibility index (Phi) is 4.24. The minimum absolute atomic E-state index is 0.151. The molecular weight excluding hydrogens is 238 g/mol. The molecule has 19 heavy (non-hydrogen) atoms. The minimum atomic E-state index is -0.651. The fraction of sp³-hybridized carbons (Fsp3) is 0.438. The molecule has 0 saturated carbocycles. The van der Waals surface area contributed by atoms with Gasteiger partial charge in [-0.15, -0.1) is 0 Å². The van der Waals surface area contributed by atoms with Crippen molar-refractivity contribution in [2.45, 2.75) is 31.8 Å². The Labute approximate surface area is 114 Å². The predicted octanol–water partition coefficient (Wildman–Crippen LogP) is 1.80. The third kappa shape index (κ3) is 4.11. The molecule has 1 saturated heterocycles. The highest BCUT2D eigenvalue weighted by atomic mass is 16.3. The zero-order valence-electron chi connectivity index (χ0n) is 11.2. The molecule has 0 radical (unpaired) electrons. The molecule has 3 heteroatoms. The first-order valence-electron chi connectivity index (χ1n) is 6.65. The van der Waals surface area contributed by atoms with E-state index in [-0.39, 0.29) is 5.91 Å². The number of hydrogen-bond donors (Lipinski definition) is 1. The molecule has 1 N–H and O–H groups in total. The van der Waals surface area contributed by atoms with Crippen molar-refractivity contribution in [1.29, 1.82) is 0 Å². The summed E-state index contributed by atoms with van der Waals surface area (Å²) < 4.78 is 0. The van der Waals surface area contributed by atoms with Gasteiger partial charge in [-0.2, -0.15) is 0 Å². The molecule has 0 aliphatic carbocycles. The number of nitrogens with zero attached hydrogens (tertiary/aromatic N) is 1. The number of amides is 1. The molecule has 0 bridgehead atoms. The van der Waals surface area contributed by atoms with Gasteiger partial charge in [0.1, 0.15) is 0 Å². The second-order valence-electron chi connectivity index (χ2n) is 5.26. The molecule has 2 rings (SSSR count). The van der Waals surface area contributed by atoms with Crippen molar-refractivity contribution < 1.29 is 9.90 Å². The Bertz CT molecular complexity index is 496. The Morgan fingerprint density at radius 2 is 2.00 bits per heavy atom. The fourth-order valence-corrected chi connectivity index (χ4v) is 2.19. The molecule has 0 spiro atoms. The van der Waals surface area contributed by atoms with Gasteiger partial charge in [0.25, 0.3) is 5.91 Å². The SMILES string of the molecule is CC1(O)CCCN(C(=O)C#Cc2ccccc2)CC1. The van der Waals surface area contributed by atoms with Crippen LogP contribution in [0.3, 0.4) is 0 Å². The Hall–Kier alpha value is -1.79. The van der Waals surface area contributed by atoms with Crippen LogP contribution in [0, 0.1) is 11.8 Å². The van der Waals surface area contributed by atoms with E-state index in [1.807, 2.05) is 37.3 Å². The van der Waals surface area contributed by atoms with Gasteiger partial charge in [-0.1, -0.05) is 24.1 Å². The highest BCUT2D eigenvalue weighted by Crippen LogP contribution is 2.21. The maximum absolute atomic E-state index is 12.0. The molecule has 1 fully saturated rings. The highest BCUT2D eigenvalue weighted by molar-refractivity contribution is 5.94. The van der Waals surface area contributed by atoms with Crippen LogP contribution in [-0.4, -0.2) is 34.6 Å². The number of likely N-dealkylation sites (tertiary alicyclic amines) is 1. The zero-order valence-corrected chi connectivity index (χ0v) is 11.2. The van der Waals surface area contributed by atoms with Crippen LogP contribution < -0.4 is 0 Å². The van der Waals surface area contributed by atoms with Crippen molar-refractivity contribution in [2.24, 2.45) is 0 Å². The lowest BCUT2D eigenvalue weighted by atomic mass is 9.98. The van der Waals surface area contributed by atoms with E-state index in [1.165, 1.54) is 0 Å². The molecule has 1 aromatic carbocycles. The van der Waals surface area contributed by atoms with Gasteiger partial charge in [0.15, 0.2) is 0 Å². The average Bonchev–Trinajstić information content (AvgIpc) is 2.58. The summed E-state index contributed by atoms with van der Waals surface area (Å²) in [5, 5.41) is 9.99. The Morgan fingerprint density at radius 1 is 1.26 bits per heavy atom. The molecule has 3 nitrogen and oxygen atoms in total. The largest absolute Gasteiger partial charge is 0.390 e. The summed E-state index contributed by atoms with van der Waals surface area (Å²) in [7, 11) is 0. The third-order valence-corrected chi connectivity index (χ3v) is 3.44. The highest BCUT2D eigenvalue weighted by Gasteiger charge is 2.26. The quantitative estimate of drug-likeness (QED) is 0.720. The molecule has 1 heterocycles. The second kappa shape index (κ2) is 5.90. The van der Waals surface area contributed by atoms with Crippen molar-refractivity contribution in [1.82, 2.24) is 4.90 Å². The van der Waals surface area contributed by atoms with E-state index in [0.29, 0.717) is 19.5 Å². The average molecular weight is 257 g/mol. The monoisotopic (exact) mass is 257 g/mol. The summed E-state index contributed by atoms with van der Waals surface area (Å²) in [6, 6.07) is 9.49. The van der Waals surface area contributed by atoms with Crippen LogP contribution in [0.25, 0.3) is 0 Å². The van der Waals surface area contributed by atoms with Crippen LogP contribution in [0.15, 0.2) is 30.3 Å². The number of carbonyl (C=O) groups excluding carboxylic acids is 1. The fourth-order valence-electron chi connectivity index (χ4n) is 2.19. The van der Waals surface area contributed by atoms with E-state index in [9.17, 15) is 9.90 Å². The summed E-state index contributed by atoms with van der Waals surface area (Å²) in [5.74, 6) is 5.41. The van der Waals surface area contributed by atoms with E-state index in [4.69, 9.17) is 0 Å². The van der Waals surface area contributed by atoms with Crippen LogP contribution in [0.5, 0.6) is 0 Å². The van der Waals surface area contributed by atoms with Gasteiger partial charge in [-0.3, -0.25) is 4.79 Å². The van der Waals surface area contributed by atoms with Crippen LogP contribution in [-0.2, 0) is 4.79 Å². The summed E-state index contributed by atoms with van der Waals surface area (Å²) >= 11 is 0. The molecule has 100 valence electrons. The summed E-state index contributed by atoms with van der Waals surface area (Å²) in [6.45, 7) is 3.09. The number of benzene rings is 1. The van der Waals surface area contributed by atoms with Crippen LogP contribution >= 0.6 is 0 Å². The molecule has 1 aliphatic rings. The van der Waals surface area contributed by atoms with Gasteiger partial charge in [0.05, 0.1) is 5.60 Å². The number of rotatable bonds is 0. The van der Waals surface area contributed by atoms with Crippen molar-refractivity contribution in [2.75, 3.05) is 13.1 Å². The van der Waals surface area contributed by atoms with Crippen molar-refractivity contribution >= 4 is 5.91 Å². The first-order chi connectivity index (χ1) is 9.07. The van der Waals surface area contributed by atoms with E-state index < -0.39 is 5.60 Å². The lowest BCUT2D eigenvalue weighted by molar-refractivity contribution is -0.125. The topological polar surface area (TPSA) is 40.5 Å². The van der Waals surface area contributed by atoms with Gasteiger partial charge < -0.3 is 10.0 Å². The molecule has 1 atom stereocenters. The Morgan fingerprint density at radius 3 is 2.74 bits per heavy atom. The molecule has 1 amide bonds. The second-order valence-corrected chi connectivity index (χ2v) is 5.26. The van der Waals surface area contributed by atoms with Crippen LogP contribution in [0.2, 0.25) is 0 Å². The summed E-state index contributed by atoms with van der Waals surface area (Å²) in [5.41, 5.74) is 0.194. The van der Waals surface area contributed by atoms with Crippen LogP contribution in [0.1, 0.15) is 31.7 Å². The first-order valence-corrected chi connectivity index (χ1v) is 6.65. The van der Waals surface area contributed by atoms with Gasteiger partial charge in [0, 0.05) is 24.6 Å². The lowest BCUT2D eigenvalue weighted by Crippen LogP contribution is -2.32. The van der Waals surface area contributed by atoms with E-state index in [0.717, 1.165) is 18.4 Å². The first kappa shape index (κ1) is 13.6. The molecular formula is C16H19NO2. The Balaban J connectivity index is 1.99. The molecule has 1 unspecified atom stereocenters. The van der Waals surface area contributed by atoms with Gasteiger partial charge in [-0.05, 0) is 38.3 Å². The standard InChI is InChI=1S/C16H19NO2/c1-16(19)10-5-12-17(13-11-16)15(18)9-8-14-6-3-2-4-7-14/h2-4,6-7,19H,5,10-13H2,1H3. The molecule has 1 aliphatic heterocycles. The number of hydrogen-bond acceptors (Lipinski definition) is 2. The van der Waals surface area contributed by atoms with E-state index in [1.54, 1.807) is 4.90 Å². The number of aliphatic hydroxyl groups is 1. The normalized spacial score (nSPS) is 23.2. The maximum Gasteiger partial charge on any atom is 0.298 e. The molecule has 0 aromatic heterocycles. The zero-order chi connectivity index (χ0) is 13.7. The van der Waals surface area contributed by atoms with Gasteiger partial charge >= 0.3 is 0 Å². The van der Waals surface area contributed by atoms with Crippen LogP contribution in [0.4, 0.5) is 0 Å². The third-order valence-electron chi connectivity index (χ3n) is 3.44. The van der Waals surface area contributed by atoms with Gasteiger partial charge in [0.2, 0.25) is 0 Å². The smallest absolute Gasteiger partial charge is 0.298 e. The van der Waals surface area contributed by atoms with Crippen molar-refractivity contribution in [3.63, 3.8) is 0 Å². The van der Waals surface area contributed by atoms with E-state index >= 15 is 0 Å². The minimum Gasteiger partial charge on any atom is -0.390 e. The summed E-state index contributed by atoms with van der Waals surface area (Å²) in [6.07, 6.45) is 2.18. The lowest BCUT2D eigenvalue weighted by Gasteiger charge is -2.21.